The molecule has 0 aliphatic carbocycles. The van der Waals surface area contributed by atoms with Gasteiger partial charge in [-0.3, -0.25) is 14.9 Å². The van der Waals surface area contributed by atoms with Gasteiger partial charge in [0, 0.05) is 25.2 Å². The Balaban J connectivity index is 2.28. The summed E-state index contributed by atoms with van der Waals surface area (Å²) in [6.45, 7) is 0.187. The molecule has 1 aromatic rings. The van der Waals surface area contributed by atoms with Gasteiger partial charge >= 0.3 is 12.0 Å². The molecule has 0 fully saturated rings. The van der Waals surface area contributed by atoms with Crippen LogP contribution in [0.5, 0.6) is 0 Å². The number of nitrogens with one attached hydrogen (secondary N) is 1. The number of ether oxygens (including phenoxy) is 1. The van der Waals surface area contributed by atoms with E-state index < -0.39 is 16.9 Å². The van der Waals surface area contributed by atoms with Gasteiger partial charge in [0.15, 0.2) is 0 Å². The van der Waals surface area contributed by atoms with Gasteiger partial charge < -0.3 is 15.0 Å². The molecular formula is C12H13N3O5. The quantitative estimate of drug-likeness (QED) is 0.500. The summed E-state index contributed by atoms with van der Waals surface area (Å²) in [5, 5.41) is 13.4. The zero-order valence-electron chi connectivity index (χ0n) is 10.8. The SMILES string of the molecule is COC(=O)CN1Cc2cc([N+](=O)[O-])ccc2CNC1=O. The Morgan fingerprint density at radius 1 is 1.50 bits per heavy atom. The number of benzene rings is 1. The van der Waals surface area contributed by atoms with Crippen LogP contribution in [0.1, 0.15) is 11.1 Å². The number of nitrogens with zero attached hydrogens (tertiary/aromatic N) is 2. The summed E-state index contributed by atoms with van der Waals surface area (Å²) in [7, 11) is 1.23. The standard InChI is InChI=1S/C12H13N3O5/c1-20-11(16)7-14-6-9-4-10(15(18)19)3-2-8(9)5-13-12(14)17/h2-4H,5-7H2,1H3,(H,13,17). The molecule has 1 aliphatic heterocycles. The molecule has 0 radical (unpaired) electrons. The van der Waals surface area contributed by atoms with Gasteiger partial charge in [-0.25, -0.2) is 4.79 Å². The van der Waals surface area contributed by atoms with Crippen LogP contribution in [0.3, 0.4) is 0 Å². The highest BCUT2D eigenvalue weighted by molar-refractivity contribution is 5.81. The lowest BCUT2D eigenvalue weighted by atomic mass is 10.1. The Kier molecular flexibility index (Phi) is 3.83. The zero-order valence-corrected chi connectivity index (χ0v) is 10.8. The fourth-order valence-electron chi connectivity index (χ4n) is 1.95. The van der Waals surface area contributed by atoms with Crippen LogP contribution in [0, 0.1) is 10.1 Å². The number of nitro groups is 1. The van der Waals surface area contributed by atoms with Gasteiger partial charge in [-0.05, 0) is 11.1 Å². The first-order valence-electron chi connectivity index (χ1n) is 5.87. The number of carbonyl (C=O) groups is 2. The Morgan fingerprint density at radius 2 is 2.25 bits per heavy atom. The molecule has 2 rings (SSSR count). The molecule has 8 heteroatoms. The molecule has 2 amide bonds. The number of nitro benzene ring substituents is 1. The number of esters is 1. The topological polar surface area (TPSA) is 102 Å². The summed E-state index contributed by atoms with van der Waals surface area (Å²) in [4.78, 5) is 34.6. The Labute approximate surface area is 114 Å². The van der Waals surface area contributed by atoms with E-state index in [0.29, 0.717) is 5.56 Å². The summed E-state index contributed by atoms with van der Waals surface area (Å²) in [6.07, 6.45) is 0. The summed E-state index contributed by atoms with van der Waals surface area (Å²) in [6, 6.07) is 4.00. The summed E-state index contributed by atoms with van der Waals surface area (Å²) < 4.78 is 4.52. The first-order chi connectivity index (χ1) is 9.51. The zero-order chi connectivity index (χ0) is 14.7. The van der Waals surface area contributed by atoms with Crippen molar-refractivity contribution in [3.63, 3.8) is 0 Å². The molecule has 106 valence electrons. The number of rotatable bonds is 3. The molecule has 0 saturated heterocycles. The highest BCUT2D eigenvalue weighted by atomic mass is 16.6. The second-order valence-corrected chi connectivity index (χ2v) is 4.30. The number of fused-ring (bicyclic) bond motifs is 1. The number of non-ortho nitro benzene ring substituents is 1. The van der Waals surface area contributed by atoms with E-state index in [1.807, 2.05) is 0 Å². The predicted molar refractivity (Wildman–Crippen MR) is 67.8 cm³/mol. The second kappa shape index (κ2) is 5.55. The number of amides is 2. The number of urea groups is 1. The van der Waals surface area contributed by atoms with Crippen molar-refractivity contribution in [1.29, 1.82) is 0 Å². The van der Waals surface area contributed by atoms with Crippen LogP contribution in [0.4, 0.5) is 10.5 Å². The number of carbonyl (C=O) groups excluding carboxylic acids is 2. The van der Waals surface area contributed by atoms with Crippen molar-refractivity contribution < 1.29 is 19.2 Å². The van der Waals surface area contributed by atoms with Crippen molar-refractivity contribution in [2.75, 3.05) is 13.7 Å². The van der Waals surface area contributed by atoms with Crippen LogP contribution >= 0.6 is 0 Å². The van der Waals surface area contributed by atoms with E-state index >= 15 is 0 Å². The lowest BCUT2D eigenvalue weighted by molar-refractivity contribution is -0.384. The highest BCUT2D eigenvalue weighted by Crippen LogP contribution is 2.21. The third-order valence-electron chi connectivity index (χ3n) is 3.03. The minimum atomic E-state index is -0.547. The third kappa shape index (κ3) is 2.85. The molecule has 1 aliphatic rings. The van der Waals surface area contributed by atoms with E-state index in [1.54, 1.807) is 6.07 Å². The Hall–Kier alpha value is -2.64. The number of methoxy groups -OCH3 is 1. The molecule has 8 nitrogen and oxygen atoms in total. The van der Waals surface area contributed by atoms with Crippen LogP contribution in [0.25, 0.3) is 0 Å². The minimum absolute atomic E-state index is 0.0453. The first-order valence-corrected chi connectivity index (χ1v) is 5.87. The molecule has 0 saturated carbocycles. The van der Waals surface area contributed by atoms with Crippen molar-refractivity contribution in [2.45, 2.75) is 13.1 Å². The van der Waals surface area contributed by atoms with Crippen LogP contribution < -0.4 is 5.32 Å². The highest BCUT2D eigenvalue weighted by Gasteiger charge is 2.23. The van der Waals surface area contributed by atoms with Gasteiger partial charge in [0.25, 0.3) is 5.69 Å². The average Bonchev–Trinajstić information content (AvgIpc) is 2.58. The maximum Gasteiger partial charge on any atom is 0.325 e. The van der Waals surface area contributed by atoms with Crippen LogP contribution in [-0.2, 0) is 22.6 Å². The predicted octanol–water partition coefficient (Wildman–Crippen LogP) is 0.793. The smallest absolute Gasteiger partial charge is 0.325 e. The molecule has 0 atom stereocenters. The molecule has 0 aromatic heterocycles. The van der Waals surface area contributed by atoms with Crippen LogP contribution in [0.2, 0.25) is 0 Å². The molecule has 1 aromatic carbocycles. The van der Waals surface area contributed by atoms with Gasteiger partial charge in [0.2, 0.25) is 0 Å². The molecule has 0 bridgehead atoms. The lowest BCUT2D eigenvalue weighted by Gasteiger charge is -2.18. The number of hydrogen-bond acceptors (Lipinski definition) is 5. The number of hydrogen-bond donors (Lipinski definition) is 1. The van der Waals surface area contributed by atoms with Gasteiger partial charge in [0.05, 0.1) is 12.0 Å². The lowest BCUT2D eigenvalue weighted by Crippen LogP contribution is -2.40. The summed E-state index contributed by atoms with van der Waals surface area (Å²) in [5.74, 6) is -0.547. The molecule has 1 heterocycles. The minimum Gasteiger partial charge on any atom is -0.468 e. The Bertz CT molecular complexity index is 572. The molecular weight excluding hydrogens is 266 g/mol. The maximum atomic E-state index is 11.8. The first kappa shape index (κ1) is 13.8. The van der Waals surface area contributed by atoms with Gasteiger partial charge in [-0.2, -0.15) is 0 Å². The van der Waals surface area contributed by atoms with E-state index in [2.05, 4.69) is 10.1 Å². The fraction of sp³-hybridized carbons (Fsp3) is 0.333. The van der Waals surface area contributed by atoms with E-state index in [-0.39, 0.29) is 25.3 Å². The maximum absolute atomic E-state index is 11.8. The van der Waals surface area contributed by atoms with Crippen molar-refractivity contribution in [2.24, 2.45) is 0 Å². The van der Waals surface area contributed by atoms with Crippen molar-refractivity contribution >= 4 is 17.7 Å². The fourth-order valence-corrected chi connectivity index (χ4v) is 1.95. The second-order valence-electron chi connectivity index (χ2n) is 4.30. The van der Waals surface area contributed by atoms with E-state index in [1.165, 1.54) is 24.1 Å². The molecule has 1 N–H and O–H groups in total. The molecule has 0 spiro atoms. The molecule has 0 unspecified atom stereocenters. The van der Waals surface area contributed by atoms with Gasteiger partial charge in [-0.1, -0.05) is 6.07 Å². The third-order valence-corrected chi connectivity index (χ3v) is 3.03. The van der Waals surface area contributed by atoms with Crippen molar-refractivity contribution in [3.8, 4) is 0 Å². The molecule has 20 heavy (non-hydrogen) atoms. The Morgan fingerprint density at radius 3 is 2.90 bits per heavy atom. The largest absolute Gasteiger partial charge is 0.468 e. The van der Waals surface area contributed by atoms with Crippen LogP contribution in [-0.4, -0.2) is 35.5 Å². The van der Waals surface area contributed by atoms with Crippen LogP contribution in [0.15, 0.2) is 18.2 Å². The van der Waals surface area contributed by atoms with Crippen molar-refractivity contribution in [3.05, 3.63) is 39.4 Å². The van der Waals surface area contributed by atoms with Crippen molar-refractivity contribution in [1.82, 2.24) is 10.2 Å². The van der Waals surface area contributed by atoms with E-state index in [9.17, 15) is 19.7 Å². The summed E-state index contributed by atoms with van der Waals surface area (Å²) >= 11 is 0. The van der Waals surface area contributed by atoms with E-state index in [4.69, 9.17) is 0 Å². The van der Waals surface area contributed by atoms with Gasteiger partial charge in [-0.15, -0.1) is 0 Å². The van der Waals surface area contributed by atoms with E-state index in [0.717, 1.165) is 5.56 Å². The summed E-state index contributed by atoms with van der Waals surface area (Å²) in [5.41, 5.74) is 1.38. The monoisotopic (exact) mass is 279 g/mol. The average molecular weight is 279 g/mol. The van der Waals surface area contributed by atoms with Gasteiger partial charge in [0.1, 0.15) is 6.54 Å². The normalized spacial score (nSPS) is 14.1.